The van der Waals surface area contributed by atoms with E-state index in [0.717, 1.165) is 23.9 Å². The van der Waals surface area contributed by atoms with Gasteiger partial charge in [0.2, 0.25) is 0 Å². The molecule has 0 aromatic heterocycles. The van der Waals surface area contributed by atoms with Gasteiger partial charge in [-0.25, -0.2) is 0 Å². The maximum atomic E-state index is 5.58. The lowest BCUT2D eigenvalue weighted by atomic mass is 10.2. The van der Waals surface area contributed by atoms with E-state index in [-0.39, 0.29) is 0 Å². The molecule has 0 spiro atoms. The van der Waals surface area contributed by atoms with Crippen LogP contribution in [0.15, 0.2) is 24.3 Å². The molecule has 2 rings (SSSR count). The summed E-state index contributed by atoms with van der Waals surface area (Å²) < 4.78 is 0. The summed E-state index contributed by atoms with van der Waals surface area (Å²) in [6.45, 7) is 4.23. The molecule has 1 aliphatic rings. The zero-order valence-corrected chi connectivity index (χ0v) is 12.8. The molecule has 0 aliphatic carbocycles. The summed E-state index contributed by atoms with van der Waals surface area (Å²) in [5, 5.41) is 4.25. The molecule has 1 fully saturated rings. The second kappa shape index (κ2) is 6.35. The topological polar surface area (TPSA) is 18.5 Å². The number of likely N-dealkylation sites (tertiary alicyclic amines) is 1. The molecule has 3 nitrogen and oxygen atoms in total. The van der Waals surface area contributed by atoms with Crippen molar-refractivity contribution >= 4 is 23.0 Å². The maximum absolute atomic E-state index is 5.58. The Morgan fingerprint density at radius 2 is 2.16 bits per heavy atom. The number of rotatable bonds is 3. The highest BCUT2D eigenvalue weighted by atomic mass is 32.1. The first-order valence-corrected chi connectivity index (χ1v) is 7.26. The molecule has 1 aromatic rings. The summed E-state index contributed by atoms with van der Waals surface area (Å²) >= 11 is 5.58. The van der Waals surface area contributed by atoms with E-state index in [1.807, 2.05) is 12.1 Å². The Bertz CT molecular complexity index is 445. The van der Waals surface area contributed by atoms with Gasteiger partial charge < -0.3 is 15.1 Å². The smallest absolute Gasteiger partial charge is 0.173 e. The molecule has 1 heterocycles. The number of para-hydroxylation sites is 1. The van der Waals surface area contributed by atoms with Gasteiger partial charge >= 0.3 is 0 Å². The molecule has 1 atom stereocenters. The van der Waals surface area contributed by atoms with Gasteiger partial charge in [0.15, 0.2) is 5.11 Å². The lowest BCUT2D eigenvalue weighted by Gasteiger charge is -2.29. The molecule has 104 valence electrons. The molecular weight excluding hydrogens is 254 g/mol. The van der Waals surface area contributed by atoms with Crippen molar-refractivity contribution in [3.63, 3.8) is 0 Å². The molecule has 0 radical (unpaired) electrons. The van der Waals surface area contributed by atoms with Crippen LogP contribution < -0.4 is 5.32 Å². The van der Waals surface area contributed by atoms with Crippen LogP contribution in [0.4, 0.5) is 5.69 Å². The van der Waals surface area contributed by atoms with Gasteiger partial charge in [-0.3, -0.25) is 0 Å². The molecule has 1 aromatic carbocycles. The molecule has 1 saturated heterocycles. The standard InChI is InChI=1S/C15H23N3S/c1-12-7-4-5-9-14(12)16-15(19)18-10-6-8-13(18)11-17(2)3/h4-5,7,9,13H,6,8,10-11H2,1-3H3,(H,16,19). The minimum atomic E-state index is 0.541. The van der Waals surface area contributed by atoms with Gasteiger partial charge in [-0.1, -0.05) is 18.2 Å². The molecule has 4 heteroatoms. The second-order valence-corrected chi connectivity index (χ2v) is 5.88. The third kappa shape index (κ3) is 3.67. The Labute approximate surface area is 121 Å². The van der Waals surface area contributed by atoms with Crippen molar-refractivity contribution in [2.75, 3.05) is 32.5 Å². The third-order valence-electron chi connectivity index (χ3n) is 3.60. The van der Waals surface area contributed by atoms with Crippen LogP contribution in [0.3, 0.4) is 0 Å². The molecule has 0 amide bonds. The van der Waals surface area contributed by atoms with Crippen molar-refractivity contribution in [1.29, 1.82) is 0 Å². The summed E-state index contributed by atoms with van der Waals surface area (Å²) in [6, 6.07) is 8.82. The number of aryl methyl sites for hydroxylation is 1. The third-order valence-corrected chi connectivity index (χ3v) is 3.94. The summed E-state index contributed by atoms with van der Waals surface area (Å²) in [6.07, 6.45) is 2.46. The van der Waals surface area contributed by atoms with Crippen LogP contribution >= 0.6 is 12.2 Å². The van der Waals surface area contributed by atoms with Crippen molar-refractivity contribution in [3.05, 3.63) is 29.8 Å². The highest BCUT2D eigenvalue weighted by molar-refractivity contribution is 7.80. The van der Waals surface area contributed by atoms with Gasteiger partial charge in [-0.15, -0.1) is 0 Å². The average Bonchev–Trinajstić information content (AvgIpc) is 2.79. The van der Waals surface area contributed by atoms with Crippen LogP contribution in [0.1, 0.15) is 18.4 Å². The fraction of sp³-hybridized carbons (Fsp3) is 0.533. The first kappa shape index (κ1) is 14.3. The number of nitrogens with zero attached hydrogens (tertiary/aromatic N) is 2. The first-order chi connectivity index (χ1) is 9.08. The van der Waals surface area contributed by atoms with E-state index in [2.05, 4.69) is 48.3 Å². The Kier molecular flexibility index (Phi) is 4.77. The number of thiocarbonyl (C=S) groups is 1. The van der Waals surface area contributed by atoms with E-state index >= 15 is 0 Å². The lowest BCUT2D eigenvalue weighted by Crippen LogP contribution is -2.43. The normalized spacial score (nSPS) is 18.9. The highest BCUT2D eigenvalue weighted by Gasteiger charge is 2.26. The predicted molar refractivity (Wildman–Crippen MR) is 85.7 cm³/mol. The minimum absolute atomic E-state index is 0.541. The van der Waals surface area contributed by atoms with Crippen LogP contribution in [-0.4, -0.2) is 48.1 Å². The number of anilines is 1. The Morgan fingerprint density at radius 1 is 1.42 bits per heavy atom. The number of benzene rings is 1. The van der Waals surface area contributed by atoms with E-state index in [1.165, 1.54) is 18.4 Å². The van der Waals surface area contributed by atoms with Gasteiger partial charge in [-0.05, 0) is 57.7 Å². The minimum Gasteiger partial charge on any atom is -0.345 e. The Balaban J connectivity index is 2.01. The predicted octanol–water partition coefficient (Wildman–Crippen LogP) is 2.72. The van der Waals surface area contributed by atoms with E-state index < -0.39 is 0 Å². The van der Waals surface area contributed by atoms with Crippen LogP contribution in [0.2, 0.25) is 0 Å². The van der Waals surface area contributed by atoms with E-state index in [0.29, 0.717) is 6.04 Å². The number of nitrogens with one attached hydrogen (secondary N) is 1. The number of hydrogen-bond acceptors (Lipinski definition) is 2. The van der Waals surface area contributed by atoms with Crippen molar-refractivity contribution in [2.24, 2.45) is 0 Å². The Hall–Kier alpha value is -1.13. The molecule has 1 aliphatic heterocycles. The molecular formula is C15H23N3S. The van der Waals surface area contributed by atoms with E-state index in [1.54, 1.807) is 0 Å². The molecule has 0 bridgehead atoms. The number of likely N-dealkylation sites (N-methyl/N-ethyl adjacent to an activating group) is 1. The number of hydrogen-bond donors (Lipinski definition) is 1. The monoisotopic (exact) mass is 277 g/mol. The summed E-state index contributed by atoms with van der Waals surface area (Å²) in [5.74, 6) is 0. The second-order valence-electron chi connectivity index (χ2n) is 5.50. The fourth-order valence-electron chi connectivity index (χ4n) is 2.61. The first-order valence-electron chi connectivity index (χ1n) is 6.86. The van der Waals surface area contributed by atoms with E-state index in [4.69, 9.17) is 12.2 Å². The van der Waals surface area contributed by atoms with Gasteiger partial charge in [0.25, 0.3) is 0 Å². The van der Waals surface area contributed by atoms with Crippen molar-refractivity contribution in [2.45, 2.75) is 25.8 Å². The molecule has 1 unspecified atom stereocenters. The van der Waals surface area contributed by atoms with Crippen LogP contribution in [-0.2, 0) is 0 Å². The maximum Gasteiger partial charge on any atom is 0.173 e. The van der Waals surface area contributed by atoms with Gasteiger partial charge in [0, 0.05) is 24.8 Å². The largest absolute Gasteiger partial charge is 0.345 e. The van der Waals surface area contributed by atoms with Gasteiger partial charge in [0.1, 0.15) is 0 Å². The van der Waals surface area contributed by atoms with Gasteiger partial charge in [-0.2, -0.15) is 0 Å². The van der Waals surface area contributed by atoms with Crippen molar-refractivity contribution in [1.82, 2.24) is 9.80 Å². The zero-order chi connectivity index (χ0) is 13.8. The van der Waals surface area contributed by atoms with E-state index in [9.17, 15) is 0 Å². The van der Waals surface area contributed by atoms with Crippen LogP contribution in [0.25, 0.3) is 0 Å². The van der Waals surface area contributed by atoms with Crippen molar-refractivity contribution < 1.29 is 0 Å². The summed E-state index contributed by atoms with van der Waals surface area (Å²) in [4.78, 5) is 4.57. The summed E-state index contributed by atoms with van der Waals surface area (Å²) in [5.41, 5.74) is 2.34. The Morgan fingerprint density at radius 3 is 2.84 bits per heavy atom. The summed E-state index contributed by atoms with van der Waals surface area (Å²) in [7, 11) is 4.24. The highest BCUT2D eigenvalue weighted by Crippen LogP contribution is 2.20. The van der Waals surface area contributed by atoms with Gasteiger partial charge in [0.05, 0.1) is 0 Å². The average molecular weight is 277 g/mol. The lowest BCUT2D eigenvalue weighted by molar-refractivity contribution is 0.288. The van der Waals surface area contributed by atoms with Crippen molar-refractivity contribution in [3.8, 4) is 0 Å². The molecule has 1 N–H and O–H groups in total. The molecule has 0 saturated carbocycles. The quantitative estimate of drug-likeness (QED) is 0.856. The van der Waals surface area contributed by atoms with Crippen LogP contribution in [0.5, 0.6) is 0 Å². The fourth-order valence-corrected chi connectivity index (χ4v) is 2.96. The SMILES string of the molecule is Cc1ccccc1NC(=S)N1CCCC1CN(C)C. The molecule has 19 heavy (non-hydrogen) atoms. The van der Waals surface area contributed by atoms with Crippen LogP contribution in [0, 0.1) is 6.92 Å². The zero-order valence-electron chi connectivity index (χ0n) is 12.0.